The molecule has 1 aromatic carbocycles. The van der Waals surface area contributed by atoms with Gasteiger partial charge >= 0.3 is 5.97 Å². The summed E-state index contributed by atoms with van der Waals surface area (Å²) < 4.78 is 18.6. The Bertz CT molecular complexity index is 391. The largest absolute Gasteiger partial charge is 0.458 e. The first-order valence-corrected chi connectivity index (χ1v) is 6.26. The number of ether oxygens (including phenoxy) is 1. The Morgan fingerprint density at radius 3 is 2.50 bits per heavy atom. The summed E-state index contributed by atoms with van der Waals surface area (Å²) in [6.07, 6.45) is -0.253. The van der Waals surface area contributed by atoms with Crippen LogP contribution < -0.4 is 0 Å². The van der Waals surface area contributed by atoms with Crippen LogP contribution in [-0.4, -0.2) is 36.6 Å². The summed E-state index contributed by atoms with van der Waals surface area (Å²) in [5.74, 6) is -1.15. The Kier molecular flexibility index (Phi) is 5.78. The number of carbonyl (C=O) groups excluding carboxylic acids is 1. The monoisotopic (exact) mass is 253 g/mol. The van der Waals surface area contributed by atoms with Crippen LogP contribution in [-0.2, 0) is 4.74 Å². The van der Waals surface area contributed by atoms with Gasteiger partial charge in [-0.15, -0.1) is 0 Å². The van der Waals surface area contributed by atoms with Crippen LogP contribution in [0.15, 0.2) is 24.3 Å². The molecule has 1 rings (SSSR count). The normalized spacial score (nSPS) is 12.5. The zero-order valence-electron chi connectivity index (χ0n) is 11.1. The van der Waals surface area contributed by atoms with Crippen LogP contribution in [0.1, 0.15) is 31.1 Å². The molecule has 1 aromatic rings. The van der Waals surface area contributed by atoms with Crippen LogP contribution >= 0.6 is 0 Å². The van der Waals surface area contributed by atoms with Gasteiger partial charge in [-0.25, -0.2) is 9.18 Å². The first kappa shape index (κ1) is 14.6. The van der Waals surface area contributed by atoms with Gasteiger partial charge in [0.1, 0.15) is 11.9 Å². The molecule has 3 nitrogen and oxygen atoms in total. The lowest BCUT2D eigenvalue weighted by Crippen LogP contribution is -2.33. The zero-order chi connectivity index (χ0) is 13.5. The lowest BCUT2D eigenvalue weighted by molar-refractivity contribution is 0.0255. The van der Waals surface area contributed by atoms with Crippen LogP contribution in [0.2, 0.25) is 0 Å². The number of hydrogen-bond acceptors (Lipinski definition) is 3. The molecule has 0 aliphatic rings. The number of likely N-dealkylation sites (N-methyl/N-ethyl adjacent to an activating group) is 1. The number of esters is 1. The summed E-state index contributed by atoms with van der Waals surface area (Å²) in [6.45, 7) is 8.38. The molecular formula is C14H20FNO2. The summed E-state index contributed by atoms with van der Waals surface area (Å²) >= 11 is 0. The van der Waals surface area contributed by atoms with Crippen LogP contribution in [0.3, 0.4) is 0 Å². The van der Waals surface area contributed by atoms with Gasteiger partial charge in [0.15, 0.2) is 0 Å². The van der Waals surface area contributed by atoms with Crippen LogP contribution in [0, 0.1) is 5.82 Å². The van der Waals surface area contributed by atoms with Crippen molar-refractivity contribution in [3.05, 3.63) is 35.6 Å². The second kappa shape index (κ2) is 7.11. The average molecular weight is 253 g/mol. The molecule has 0 amide bonds. The molecule has 18 heavy (non-hydrogen) atoms. The highest BCUT2D eigenvalue weighted by atomic mass is 19.1. The van der Waals surface area contributed by atoms with Crippen LogP contribution in [0.4, 0.5) is 4.39 Å². The maximum atomic E-state index is 13.4. The summed E-state index contributed by atoms with van der Waals surface area (Å²) in [5, 5.41) is 0. The smallest absolute Gasteiger partial charge is 0.341 e. The number of benzene rings is 1. The van der Waals surface area contributed by atoms with Crippen molar-refractivity contribution in [2.24, 2.45) is 0 Å². The number of carbonyl (C=O) groups is 1. The Labute approximate surface area is 108 Å². The summed E-state index contributed by atoms with van der Waals surface area (Å²) in [5.41, 5.74) is -0.0103. The highest BCUT2D eigenvalue weighted by molar-refractivity contribution is 5.89. The van der Waals surface area contributed by atoms with E-state index in [1.54, 1.807) is 12.1 Å². The summed E-state index contributed by atoms with van der Waals surface area (Å²) in [4.78, 5) is 13.9. The fraction of sp³-hybridized carbons (Fsp3) is 0.500. The maximum absolute atomic E-state index is 13.4. The minimum atomic E-state index is -0.604. The zero-order valence-corrected chi connectivity index (χ0v) is 11.1. The summed E-state index contributed by atoms with van der Waals surface area (Å²) in [6, 6.07) is 5.85. The highest BCUT2D eigenvalue weighted by Crippen LogP contribution is 2.09. The molecule has 0 radical (unpaired) electrons. The predicted molar refractivity (Wildman–Crippen MR) is 69.1 cm³/mol. The van der Waals surface area contributed by atoms with E-state index in [2.05, 4.69) is 18.7 Å². The molecule has 0 bridgehead atoms. The van der Waals surface area contributed by atoms with Gasteiger partial charge in [0, 0.05) is 6.54 Å². The second-order valence-corrected chi connectivity index (χ2v) is 4.18. The third kappa shape index (κ3) is 4.11. The standard InChI is InChI=1S/C14H20FNO2/c1-4-16(5-2)10-11(3)18-14(17)12-8-6-7-9-13(12)15/h6-9,11H,4-5,10H2,1-3H3. The minimum Gasteiger partial charge on any atom is -0.458 e. The minimum absolute atomic E-state index is 0.0103. The van der Waals surface area contributed by atoms with E-state index in [0.717, 1.165) is 13.1 Å². The van der Waals surface area contributed by atoms with E-state index in [1.165, 1.54) is 12.1 Å². The van der Waals surface area contributed by atoms with Crippen molar-refractivity contribution >= 4 is 5.97 Å². The molecule has 0 heterocycles. The van der Waals surface area contributed by atoms with E-state index >= 15 is 0 Å². The molecule has 0 fully saturated rings. The molecule has 0 saturated carbocycles. The Balaban J connectivity index is 2.57. The van der Waals surface area contributed by atoms with Gasteiger partial charge in [0.2, 0.25) is 0 Å². The van der Waals surface area contributed by atoms with E-state index in [9.17, 15) is 9.18 Å². The van der Waals surface area contributed by atoms with Crippen molar-refractivity contribution < 1.29 is 13.9 Å². The lowest BCUT2D eigenvalue weighted by atomic mass is 10.2. The van der Waals surface area contributed by atoms with Crippen molar-refractivity contribution in [1.82, 2.24) is 4.90 Å². The van der Waals surface area contributed by atoms with Crippen LogP contribution in [0.5, 0.6) is 0 Å². The third-order valence-corrected chi connectivity index (χ3v) is 2.81. The molecule has 4 heteroatoms. The topological polar surface area (TPSA) is 29.5 Å². The van der Waals surface area contributed by atoms with Crippen molar-refractivity contribution in [3.63, 3.8) is 0 Å². The molecule has 0 N–H and O–H groups in total. The van der Waals surface area contributed by atoms with Gasteiger partial charge in [0.05, 0.1) is 5.56 Å². The molecule has 100 valence electrons. The fourth-order valence-corrected chi connectivity index (χ4v) is 1.76. The number of hydrogen-bond donors (Lipinski definition) is 0. The highest BCUT2D eigenvalue weighted by Gasteiger charge is 2.16. The Hall–Kier alpha value is -1.42. The number of halogens is 1. The van der Waals surface area contributed by atoms with Gasteiger partial charge in [0.25, 0.3) is 0 Å². The van der Waals surface area contributed by atoms with E-state index in [-0.39, 0.29) is 11.7 Å². The van der Waals surface area contributed by atoms with Crippen molar-refractivity contribution in [1.29, 1.82) is 0 Å². The Morgan fingerprint density at radius 2 is 1.94 bits per heavy atom. The molecule has 1 atom stereocenters. The average Bonchev–Trinajstić information content (AvgIpc) is 2.36. The molecule has 0 spiro atoms. The molecular weight excluding hydrogens is 233 g/mol. The Morgan fingerprint density at radius 1 is 1.33 bits per heavy atom. The van der Waals surface area contributed by atoms with Crippen molar-refractivity contribution in [2.75, 3.05) is 19.6 Å². The second-order valence-electron chi connectivity index (χ2n) is 4.18. The third-order valence-electron chi connectivity index (χ3n) is 2.81. The quantitative estimate of drug-likeness (QED) is 0.730. The van der Waals surface area contributed by atoms with Gasteiger partial charge in [-0.2, -0.15) is 0 Å². The molecule has 0 aliphatic carbocycles. The van der Waals surface area contributed by atoms with E-state index in [4.69, 9.17) is 4.74 Å². The fourth-order valence-electron chi connectivity index (χ4n) is 1.76. The van der Waals surface area contributed by atoms with E-state index in [0.29, 0.717) is 6.54 Å². The maximum Gasteiger partial charge on any atom is 0.341 e. The van der Waals surface area contributed by atoms with Gasteiger partial charge in [-0.3, -0.25) is 0 Å². The molecule has 1 unspecified atom stereocenters. The van der Waals surface area contributed by atoms with E-state index < -0.39 is 11.8 Å². The summed E-state index contributed by atoms with van der Waals surface area (Å²) in [7, 11) is 0. The van der Waals surface area contributed by atoms with E-state index in [1.807, 2.05) is 6.92 Å². The predicted octanol–water partition coefficient (Wildman–Crippen LogP) is 2.71. The first-order chi connectivity index (χ1) is 8.58. The van der Waals surface area contributed by atoms with Gasteiger partial charge < -0.3 is 9.64 Å². The number of rotatable bonds is 6. The number of nitrogens with zero attached hydrogens (tertiary/aromatic N) is 1. The first-order valence-electron chi connectivity index (χ1n) is 6.26. The van der Waals surface area contributed by atoms with Crippen molar-refractivity contribution in [2.45, 2.75) is 26.9 Å². The van der Waals surface area contributed by atoms with Crippen LogP contribution in [0.25, 0.3) is 0 Å². The molecule has 0 aliphatic heterocycles. The molecule has 0 saturated heterocycles. The molecule has 0 aromatic heterocycles. The van der Waals surface area contributed by atoms with Crippen molar-refractivity contribution in [3.8, 4) is 0 Å². The SMILES string of the molecule is CCN(CC)CC(C)OC(=O)c1ccccc1F. The van der Waals surface area contributed by atoms with Gasteiger partial charge in [-0.1, -0.05) is 26.0 Å². The lowest BCUT2D eigenvalue weighted by Gasteiger charge is -2.22. The van der Waals surface area contributed by atoms with Gasteiger partial charge in [-0.05, 0) is 32.1 Å².